The molecule has 0 heterocycles. The van der Waals surface area contributed by atoms with Crippen LogP contribution in [0, 0.1) is 0 Å². The second kappa shape index (κ2) is 44.1. The van der Waals surface area contributed by atoms with E-state index in [1.54, 1.807) is 0 Å². The number of unbranched alkanes of at least 4 members (excludes halogenated alkanes) is 33. The van der Waals surface area contributed by atoms with Crippen molar-refractivity contribution in [3.63, 3.8) is 0 Å². The highest BCUT2D eigenvalue weighted by molar-refractivity contribution is 5.71. The fourth-order valence-electron chi connectivity index (χ4n) is 7.21. The van der Waals surface area contributed by atoms with E-state index in [0.717, 1.165) is 57.8 Å². The Hall–Kier alpha value is -1.59. The van der Waals surface area contributed by atoms with Crippen LogP contribution in [0.1, 0.15) is 271 Å². The molecule has 0 aliphatic rings. The second-order valence-electron chi connectivity index (χ2n) is 16.4. The van der Waals surface area contributed by atoms with Crippen molar-refractivity contribution in [2.75, 3.05) is 13.2 Å². The van der Waals surface area contributed by atoms with Crippen molar-refractivity contribution >= 4 is 17.9 Å². The Kier molecular flexibility index (Phi) is 42.8. The van der Waals surface area contributed by atoms with Crippen LogP contribution < -0.4 is 0 Å². The third-order valence-electron chi connectivity index (χ3n) is 10.9. The van der Waals surface area contributed by atoms with E-state index < -0.39 is 6.10 Å². The number of hydrogen-bond acceptors (Lipinski definition) is 6. The maximum absolute atomic E-state index is 12.7. The monoisotopic (exact) mass is 765 g/mol. The molecule has 54 heavy (non-hydrogen) atoms. The zero-order valence-electron chi connectivity index (χ0n) is 36.5. The summed E-state index contributed by atoms with van der Waals surface area (Å²) in [4.78, 5) is 37.7. The molecule has 1 atom stereocenters. The summed E-state index contributed by atoms with van der Waals surface area (Å²) < 4.78 is 16.7. The highest BCUT2D eigenvalue weighted by atomic mass is 16.6. The molecule has 0 amide bonds. The lowest BCUT2D eigenvalue weighted by atomic mass is 10.0. The Morgan fingerprint density at radius 2 is 0.500 bits per heavy atom. The smallest absolute Gasteiger partial charge is 0.306 e. The van der Waals surface area contributed by atoms with Gasteiger partial charge in [0, 0.05) is 19.3 Å². The van der Waals surface area contributed by atoms with Gasteiger partial charge in [-0.1, -0.05) is 233 Å². The summed E-state index contributed by atoms with van der Waals surface area (Å²) in [5, 5.41) is 0. The van der Waals surface area contributed by atoms with Crippen LogP contribution in [0.4, 0.5) is 0 Å². The summed E-state index contributed by atoms with van der Waals surface area (Å²) in [6.07, 6.45) is 45.1. The molecule has 0 saturated carbocycles. The van der Waals surface area contributed by atoms with Gasteiger partial charge in [-0.3, -0.25) is 14.4 Å². The molecule has 6 nitrogen and oxygen atoms in total. The van der Waals surface area contributed by atoms with Crippen LogP contribution in [0.15, 0.2) is 0 Å². The minimum atomic E-state index is -0.758. The first-order valence-electron chi connectivity index (χ1n) is 24.0. The number of carbonyl (C=O) groups is 3. The largest absolute Gasteiger partial charge is 0.462 e. The first-order valence-corrected chi connectivity index (χ1v) is 24.0. The maximum atomic E-state index is 12.7. The van der Waals surface area contributed by atoms with Crippen molar-refractivity contribution in [3.8, 4) is 0 Å². The molecule has 0 aliphatic heterocycles. The molecule has 0 fully saturated rings. The number of hydrogen-bond donors (Lipinski definition) is 0. The predicted molar refractivity (Wildman–Crippen MR) is 229 cm³/mol. The van der Waals surface area contributed by atoms with Gasteiger partial charge in [-0.25, -0.2) is 0 Å². The topological polar surface area (TPSA) is 78.9 Å². The first-order chi connectivity index (χ1) is 26.5. The van der Waals surface area contributed by atoms with Gasteiger partial charge in [-0.2, -0.15) is 0 Å². The number of ether oxygens (including phenoxy) is 3. The van der Waals surface area contributed by atoms with E-state index in [9.17, 15) is 14.4 Å². The molecule has 0 radical (unpaired) electrons. The average molecular weight is 765 g/mol. The molecule has 0 aliphatic carbocycles. The Morgan fingerprint density at radius 3 is 0.741 bits per heavy atom. The summed E-state index contributed by atoms with van der Waals surface area (Å²) in [6.45, 7) is 6.65. The summed E-state index contributed by atoms with van der Waals surface area (Å²) in [6, 6.07) is 0. The minimum absolute atomic E-state index is 0.0623. The molecule has 6 heteroatoms. The summed E-state index contributed by atoms with van der Waals surface area (Å²) in [5.74, 6) is -0.848. The molecule has 320 valence electrons. The molecule has 0 rings (SSSR count). The molecule has 0 saturated heterocycles. The van der Waals surface area contributed by atoms with Crippen molar-refractivity contribution in [2.24, 2.45) is 0 Å². The van der Waals surface area contributed by atoms with Gasteiger partial charge in [0.2, 0.25) is 0 Å². The number of rotatable bonds is 44. The van der Waals surface area contributed by atoms with E-state index in [1.807, 2.05) is 0 Å². The minimum Gasteiger partial charge on any atom is -0.462 e. The standard InChI is InChI=1S/C48H92O6/c1-4-7-10-13-16-19-22-23-24-27-29-32-35-38-41-47(50)53-44-45(54-48(51)42-39-36-33-30-26-21-18-15-12-9-6-3)43-52-46(49)40-37-34-31-28-25-20-17-14-11-8-5-2/h45H,4-44H2,1-3H3/t45-/m1/s1. The SMILES string of the molecule is CCCCCCCCCCCCCCCCC(=O)OC[C@@H](COC(=O)CCCCCCCCCCCCC)OC(=O)CCCCCCCCCCCCC. The van der Waals surface area contributed by atoms with Gasteiger partial charge in [0.05, 0.1) is 0 Å². The van der Waals surface area contributed by atoms with Gasteiger partial charge in [-0.05, 0) is 19.3 Å². The van der Waals surface area contributed by atoms with Crippen LogP contribution in [0.25, 0.3) is 0 Å². The van der Waals surface area contributed by atoms with Gasteiger partial charge < -0.3 is 14.2 Å². The Morgan fingerprint density at radius 1 is 0.296 bits per heavy atom. The van der Waals surface area contributed by atoms with E-state index in [2.05, 4.69) is 20.8 Å². The maximum Gasteiger partial charge on any atom is 0.306 e. The highest BCUT2D eigenvalue weighted by Crippen LogP contribution is 2.16. The molecule has 0 unspecified atom stereocenters. The molecular weight excluding hydrogens is 673 g/mol. The molecule has 0 spiro atoms. The number of esters is 3. The lowest BCUT2D eigenvalue weighted by molar-refractivity contribution is -0.167. The molecule has 0 N–H and O–H groups in total. The normalized spacial score (nSPS) is 11.8. The molecular formula is C48H92O6. The number of carbonyl (C=O) groups excluding carboxylic acids is 3. The summed E-state index contributed by atoms with van der Waals surface area (Å²) in [7, 11) is 0. The third kappa shape index (κ3) is 41.6. The van der Waals surface area contributed by atoms with E-state index in [-0.39, 0.29) is 31.1 Å². The van der Waals surface area contributed by atoms with Crippen molar-refractivity contribution in [1.29, 1.82) is 0 Å². The molecule has 0 aromatic carbocycles. The fraction of sp³-hybridized carbons (Fsp3) is 0.938. The van der Waals surface area contributed by atoms with Crippen LogP contribution in [-0.4, -0.2) is 37.2 Å². The van der Waals surface area contributed by atoms with Gasteiger partial charge >= 0.3 is 17.9 Å². The Balaban J connectivity index is 4.30. The van der Waals surface area contributed by atoms with Gasteiger partial charge in [0.1, 0.15) is 13.2 Å². The Labute approximate surface area is 336 Å². The van der Waals surface area contributed by atoms with Crippen molar-refractivity contribution in [2.45, 2.75) is 277 Å². The van der Waals surface area contributed by atoms with Crippen LogP contribution in [0.5, 0.6) is 0 Å². The van der Waals surface area contributed by atoms with Crippen molar-refractivity contribution < 1.29 is 28.6 Å². The van der Waals surface area contributed by atoms with Gasteiger partial charge in [0.25, 0.3) is 0 Å². The average Bonchev–Trinajstić information content (AvgIpc) is 3.17. The first kappa shape index (κ1) is 52.4. The Bertz CT molecular complexity index is 798. The molecule has 0 bridgehead atoms. The van der Waals surface area contributed by atoms with E-state index >= 15 is 0 Å². The van der Waals surface area contributed by atoms with E-state index in [4.69, 9.17) is 14.2 Å². The zero-order chi connectivity index (χ0) is 39.4. The van der Waals surface area contributed by atoms with Gasteiger partial charge in [-0.15, -0.1) is 0 Å². The lowest BCUT2D eigenvalue weighted by Crippen LogP contribution is -2.30. The lowest BCUT2D eigenvalue weighted by Gasteiger charge is -2.18. The third-order valence-corrected chi connectivity index (χ3v) is 10.9. The highest BCUT2D eigenvalue weighted by Gasteiger charge is 2.19. The van der Waals surface area contributed by atoms with E-state index in [0.29, 0.717) is 19.3 Å². The predicted octanol–water partition coefficient (Wildman–Crippen LogP) is 15.3. The summed E-state index contributed by atoms with van der Waals surface area (Å²) >= 11 is 0. The molecule has 0 aromatic heterocycles. The van der Waals surface area contributed by atoms with Crippen LogP contribution in [0.3, 0.4) is 0 Å². The van der Waals surface area contributed by atoms with Crippen molar-refractivity contribution in [1.82, 2.24) is 0 Å². The van der Waals surface area contributed by atoms with Crippen LogP contribution in [0.2, 0.25) is 0 Å². The second-order valence-corrected chi connectivity index (χ2v) is 16.4. The fourth-order valence-corrected chi connectivity index (χ4v) is 7.21. The van der Waals surface area contributed by atoms with Crippen molar-refractivity contribution in [3.05, 3.63) is 0 Å². The van der Waals surface area contributed by atoms with Crippen LogP contribution >= 0.6 is 0 Å². The van der Waals surface area contributed by atoms with Crippen LogP contribution in [-0.2, 0) is 28.6 Å². The van der Waals surface area contributed by atoms with Gasteiger partial charge in [0.15, 0.2) is 6.10 Å². The molecule has 0 aromatic rings. The summed E-state index contributed by atoms with van der Waals surface area (Å²) in [5.41, 5.74) is 0. The quantitative estimate of drug-likeness (QED) is 0.0349. The zero-order valence-corrected chi connectivity index (χ0v) is 36.5. The van der Waals surface area contributed by atoms with E-state index in [1.165, 1.54) is 173 Å².